The number of benzene rings is 3. The van der Waals surface area contributed by atoms with Crippen LogP contribution in [0.3, 0.4) is 0 Å². The van der Waals surface area contributed by atoms with Crippen molar-refractivity contribution in [3.8, 4) is 11.5 Å². The van der Waals surface area contributed by atoms with Gasteiger partial charge in [-0.25, -0.2) is 9.98 Å². The number of ether oxygens (including phenoxy) is 2. The molecule has 0 unspecified atom stereocenters. The van der Waals surface area contributed by atoms with Gasteiger partial charge in [0.2, 0.25) is 12.7 Å². The summed E-state index contributed by atoms with van der Waals surface area (Å²) in [5, 5.41) is 0.722. The average molecular weight is 390 g/mol. The second kappa shape index (κ2) is 7.02. The molecule has 3 aromatic carbocycles. The van der Waals surface area contributed by atoms with E-state index in [0.717, 1.165) is 38.7 Å². The van der Waals surface area contributed by atoms with Crippen LogP contribution in [0.4, 0.5) is 5.95 Å². The van der Waals surface area contributed by atoms with Crippen molar-refractivity contribution in [2.75, 3.05) is 6.79 Å². The van der Waals surface area contributed by atoms with Gasteiger partial charge < -0.3 is 14.0 Å². The molecule has 0 radical (unpaired) electrons. The molecule has 4 aromatic rings. The molecule has 1 aliphatic rings. The third kappa shape index (κ3) is 3.21. The molecule has 138 valence electrons. The van der Waals surface area contributed by atoms with Gasteiger partial charge in [0.1, 0.15) is 0 Å². The van der Waals surface area contributed by atoms with Crippen LogP contribution in [-0.4, -0.2) is 22.6 Å². The summed E-state index contributed by atoms with van der Waals surface area (Å²) in [7, 11) is 0. The predicted molar refractivity (Wildman–Crippen MR) is 110 cm³/mol. The highest BCUT2D eigenvalue weighted by atomic mass is 35.5. The van der Waals surface area contributed by atoms with Crippen molar-refractivity contribution < 1.29 is 9.47 Å². The van der Waals surface area contributed by atoms with E-state index in [-0.39, 0.29) is 6.79 Å². The maximum Gasteiger partial charge on any atom is 0.231 e. The molecule has 6 heteroatoms. The molecule has 0 fully saturated rings. The highest BCUT2D eigenvalue weighted by Crippen LogP contribution is 2.32. The molecule has 0 atom stereocenters. The van der Waals surface area contributed by atoms with Crippen LogP contribution in [0.5, 0.6) is 11.5 Å². The monoisotopic (exact) mass is 389 g/mol. The van der Waals surface area contributed by atoms with Crippen LogP contribution in [0.15, 0.2) is 71.7 Å². The Hall–Kier alpha value is -3.31. The lowest BCUT2D eigenvalue weighted by Gasteiger charge is -2.07. The maximum absolute atomic E-state index is 6.02. The lowest BCUT2D eigenvalue weighted by atomic mass is 10.2. The zero-order chi connectivity index (χ0) is 18.9. The molecule has 0 spiro atoms. The van der Waals surface area contributed by atoms with Crippen LogP contribution in [0.2, 0.25) is 5.02 Å². The molecule has 1 aromatic heterocycles. The lowest BCUT2D eigenvalue weighted by Crippen LogP contribution is -1.99. The third-order valence-corrected chi connectivity index (χ3v) is 4.87. The van der Waals surface area contributed by atoms with Crippen LogP contribution in [0.1, 0.15) is 11.1 Å². The first-order valence-electron chi connectivity index (χ1n) is 8.90. The van der Waals surface area contributed by atoms with Gasteiger partial charge in [-0.05, 0) is 53.6 Å². The van der Waals surface area contributed by atoms with Crippen LogP contribution in [0, 0.1) is 0 Å². The van der Waals surface area contributed by atoms with Gasteiger partial charge in [0, 0.05) is 11.2 Å². The minimum atomic E-state index is 0.257. The van der Waals surface area contributed by atoms with E-state index in [2.05, 4.69) is 15.6 Å². The first-order valence-corrected chi connectivity index (χ1v) is 9.27. The SMILES string of the molecule is Clc1ccc(Cn2c(/N=C/c3ccc4c(c3)OCO4)nc3ccccc32)cc1. The van der Waals surface area contributed by atoms with Crippen molar-refractivity contribution in [2.24, 2.45) is 4.99 Å². The Kier molecular flexibility index (Phi) is 4.22. The van der Waals surface area contributed by atoms with Crippen molar-refractivity contribution in [1.29, 1.82) is 0 Å². The average Bonchev–Trinajstić information content (AvgIpc) is 3.32. The number of hydrogen-bond donors (Lipinski definition) is 0. The molecular weight excluding hydrogens is 374 g/mol. The third-order valence-electron chi connectivity index (χ3n) is 4.61. The fourth-order valence-electron chi connectivity index (χ4n) is 3.22. The molecule has 0 amide bonds. The van der Waals surface area contributed by atoms with Gasteiger partial charge in [-0.1, -0.05) is 35.9 Å². The summed E-state index contributed by atoms with van der Waals surface area (Å²) >= 11 is 6.02. The van der Waals surface area contributed by atoms with E-state index in [1.807, 2.05) is 60.7 Å². The summed E-state index contributed by atoms with van der Waals surface area (Å²) in [6.07, 6.45) is 1.79. The molecule has 0 bridgehead atoms. The van der Waals surface area contributed by atoms with E-state index in [1.165, 1.54) is 0 Å². The summed E-state index contributed by atoms with van der Waals surface area (Å²) in [5.74, 6) is 2.14. The minimum Gasteiger partial charge on any atom is -0.454 e. The summed E-state index contributed by atoms with van der Waals surface area (Å²) in [6, 6.07) is 21.6. The van der Waals surface area contributed by atoms with Crippen LogP contribution >= 0.6 is 11.6 Å². The number of rotatable bonds is 4. The van der Waals surface area contributed by atoms with E-state index in [9.17, 15) is 0 Å². The standard InChI is InChI=1S/C22H16ClN3O2/c23-17-8-5-15(6-9-17)13-26-19-4-2-1-3-18(19)25-22(26)24-12-16-7-10-20-21(11-16)28-14-27-20/h1-12H,13-14H2/b24-12+. The molecule has 0 aliphatic carbocycles. The Bertz CT molecular complexity index is 1180. The zero-order valence-electron chi connectivity index (χ0n) is 14.9. The lowest BCUT2D eigenvalue weighted by molar-refractivity contribution is 0.174. The number of aromatic nitrogens is 2. The van der Waals surface area contributed by atoms with E-state index in [1.54, 1.807) is 6.21 Å². The maximum atomic E-state index is 6.02. The molecule has 2 heterocycles. The van der Waals surface area contributed by atoms with Gasteiger partial charge in [0.15, 0.2) is 11.5 Å². The Morgan fingerprint density at radius 3 is 2.71 bits per heavy atom. The van der Waals surface area contributed by atoms with Crippen LogP contribution < -0.4 is 9.47 Å². The number of aliphatic imine (C=N–C) groups is 1. The number of halogens is 1. The number of nitrogens with zero attached hydrogens (tertiary/aromatic N) is 3. The zero-order valence-corrected chi connectivity index (χ0v) is 15.6. The van der Waals surface area contributed by atoms with E-state index < -0.39 is 0 Å². The largest absolute Gasteiger partial charge is 0.454 e. The van der Waals surface area contributed by atoms with Crippen molar-refractivity contribution in [3.05, 3.63) is 82.9 Å². The number of fused-ring (bicyclic) bond motifs is 2. The quantitative estimate of drug-likeness (QED) is 0.450. The number of hydrogen-bond acceptors (Lipinski definition) is 4. The molecular formula is C22H16ClN3O2. The van der Waals surface area contributed by atoms with Gasteiger partial charge in [0.25, 0.3) is 0 Å². The first kappa shape index (κ1) is 16.8. The van der Waals surface area contributed by atoms with Gasteiger partial charge >= 0.3 is 0 Å². The Balaban J connectivity index is 1.52. The summed E-state index contributed by atoms with van der Waals surface area (Å²) in [6.45, 7) is 0.915. The summed E-state index contributed by atoms with van der Waals surface area (Å²) < 4.78 is 12.9. The highest BCUT2D eigenvalue weighted by Gasteiger charge is 2.13. The van der Waals surface area contributed by atoms with Gasteiger partial charge in [-0.2, -0.15) is 0 Å². The van der Waals surface area contributed by atoms with Crippen LogP contribution in [0.25, 0.3) is 11.0 Å². The van der Waals surface area contributed by atoms with Crippen molar-refractivity contribution in [3.63, 3.8) is 0 Å². The second-order valence-corrected chi connectivity index (χ2v) is 6.92. The van der Waals surface area contributed by atoms with E-state index in [0.29, 0.717) is 12.5 Å². The number of para-hydroxylation sites is 2. The van der Waals surface area contributed by atoms with Gasteiger partial charge in [-0.15, -0.1) is 0 Å². The van der Waals surface area contributed by atoms with Crippen molar-refractivity contribution in [1.82, 2.24) is 9.55 Å². The first-order chi connectivity index (χ1) is 13.8. The van der Waals surface area contributed by atoms with E-state index >= 15 is 0 Å². The second-order valence-electron chi connectivity index (χ2n) is 6.48. The molecule has 1 aliphatic heterocycles. The fraction of sp³-hybridized carbons (Fsp3) is 0.0909. The van der Waals surface area contributed by atoms with E-state index in [4.69, 9.17) is 26.1 Å². The Morgan fingerprint density at radius 1 is 1.00 bits per heavy atom. The van der Waals surface area contributed by atoms with Crippen molar-refractivity contribution in [2.45, 2.75) is 6.54 Å². The Morgan fingerprint density at radius 2 is 1.82 bits per heavy atom. The van der Waals surface area contributed by atoms with Gasteiger partial charge in [-0.3, -0.25) is 0 Å². The normalized spacial score (nSPS) is 12.9. The van der Waals surface area contributed by atoms with Gasteiger partial charge in [0.05, 0.1) is 17.6 Å². The smallest absolute Gasteiger partial charge is 0.231 e. The van der Waals surface area contributed by atoms with Crippen molar-refractivity contribution >= 4 is 34.8 Å². The molecule has 5 nitrogen and oxygen atoms in total. The minimum absolute atomic E-state index is 0.257. The highest BCUT2D eigenvalue weighted by molar-refractivity contribution is 6.30. The molecule has 5 rings (SSSR count). The predicted octanol–water partition coefficient (Wildman–Crippen LogP) is 5.22. The molecule has 0 saturated heterocycles. The molecule has 0 saturated carbocycles. The van der Waals surface area contributed by atoms with Crippen LogP contribution in [-0.2, 0) is 6.54 Å². The Labute approximate surface area is 166 Å². The molecule has 0 N–H and O–H groups in total. The summed E-state index contributed by atoms with van der Waals surface area (Å²) in [5.41, 5.74) is 4.01. The molecule has 28 heavy (non-hydrogen) atoms. The topological polar surface area (TPSA) is 48.6 Å². The fourth-order valence-corrected chi connectivity index (χ4v) is 3.34. The summed E-state index contributed by atoms with van der Waals surface area (Å²) in [4.78, 5) is 9.35. The number of imidazole rings is 1.